The molecule has 6 heteroatoms. The standard InChI is InChI=1S/C32H52O6/c1-4-6-8-29(20-35-21-29)10-12-37-27(24(3)28(33)34)31-15-25-14-26(16-31)18-32(17-25,19-31)38-13-11-30(9-7-5-2)22-36-23-30/h25-26H,4-23H2,1-3H3,(H,33,34). The van der Waals surface area contributed by atoms with E-state index in [-0.39, 0.29) is 16.4 Å². The van der Waals surface area contributed by atoms with Gasteiger partial charge in [0.25, 0.3) is 0 Å². The van der Waals surface area contributed by atoms with Crippen molar-refractivity contribution in [1.29, 1.82) is 0 Å². The minimum absolute atomic E-state index is 0.127. The van der Waals surface area contributed by atoms with Gasteiger partial charge in [0.2, 0.25) is 0 Å². The smallest absolute Gasteiger partial charge is 0.334 e. The van der Waals surface area contributed by atoms with Crippen molar-refractivity contribution in [3.63, 3.8) is 0 Å². The van der Waals surface area contributed by atoms with Crippen molar-refractivity contribution < 1.29 is 28.8 Å². The Morgan fingerprint density at radius 3 is 1.87 bits per heavy atom. The van der Waals surface area contributed by atoms with E-state index in [9.17, 15) is 9.90 Å². The second-order valence-electron chi connectivity index (χ2n) is 14.1. The van der Waals surface area contributed by atoms with Crippen molar-refractivity contribution in [2.45, 2.75) is 116 Å². The highest BCUT2D eigenvalue weighted by Gasteiger charge is 2.61. The molecule has 0 spiro atoms. The van der Waals surface area contributed by atoms with Gasteiger partial charge in [0.15, 0.2) is 0 Å². The average molecular weight is 533 g/mol. The fraction of sp³-hybridized carbons (Fsp3) is 0.906. The number of carbonyl (C=O) groups is 1. The molecule has 0 aromatic rings. The van der Waals surface area contributed by atoms with Crippen LogP contribution in [0, 0.1) is 28.1 Å². The molecule has 6 rings (SSSR count). The van der Waals surface area contributed by atoms with Gasteiger partial charge in [-0.1, -0.05) is 39.5 Å². The number of aliphatic carboxylic acids is 1. The Bertz CT molecular complexity index is 855. The molecule has 2 saturated heterocycles. The first-order valence-electron chi connectivity index (χ1n) is 15.6. The van der Waals surface area contributed by atoms with Crippen LogP contribution in [0.1, 0.15) is 111 Å². The molecule has 4 saturated carbocycles. The molecule has 4 bridgehead atoms. The first kappa shape index (κ1) is 28.4. The molecule has 6 aliphatic rings. The molecular weight excluding hydrogens is 480 g/mol. The number of ether oxygens (including phenoxy) is 4. The van der Waals surface area contributed by atoms with Crippen LogP contribution in [0.2, 0.25) is 0 Å². The lowest BCUT2D eigenvalue weighted by Gasteiger charge is -2.62. The topological polar surface area (TPSA) is 74.2 Å². The van der Waals surface area contributed by atoms with Gasteiger partial charge in [0.1, 0.15) is 5.76 Å². The summed E-state index contributed by atoms with van der Waals surface area (Å²) in [6.07, 6.45) is 15.8. The maximum atomic E-state index is 12.3. The third-order valence-corrected chi connectivity index (χ3v) is 10.8. The number of hydrogen-bond donors (Lipinski definition) is 1. The van der Waals surface area contributed by atoms with Crippen LogP contribution in [0.3, 0.4) is 0 Å². The van der Waals surface area contributed by atoms with Gasteiger partial charge in [-0.3, -0.25) is 0 Å². The van der Waals surface area contributed by atoms with E-state index in [0.717, 1.165) is 83.7 Å². The van der Waals surface area contributed by atoms with Gasteiger partial charge < -0.3 is 24.1 Å². The van der Waals surface area contributed by atoms with E-state index in [1.54, 1.807) is 6.92 Å². The molecule has 0 aromatic heterocycles. The van der Waals surface area contributed by atoms with Crippen molar-refractivity contribution in [1.82, 2.24) is 0 Å². The van der Waals surface area contributed by atoms with Crippen LogP contribution in [0.4, 0.5) is 0 Å². The lowest BCUT2D eigenvalue weighted by molar-refractivity contribution is -0.205. The van der Waals surface area contributed by atoms with Crippen LogP contribution in [-0.2, 0) is 23.7 Å². The van der Waals surface area contributed by atoms with Crippen LogP contribution in [0.5, 0.6) is 0 Å². The maximum absolute atomic E-state index is 12.3. The van der Waals surface area contributed by atoms with E-state index >= 15 is 0 Å². The first-order chi connectivity index (χ1) is 18.3. The number of hydrogen-bond acceptors (Lipinski definition) is 5. The van der Waals surface area contributed by atoms with Gasteiger partial charge in [0.05, 0.1) is 44.2 Å². The lowest BCUT2D eigenvalue weighted by Crippen LogP contribution is -2.58. The summed E-state index contributed by atoms with van der Waals surface area (Å²) < 4.78 is 24.7. The molecule has 1 N–H and O–H groups in total. The maximum Gasteiger partial charge on any atom is 0.334 e. The molecule has 0 radical (unpaired) electrons. The van der Waals surface area contributed by atoms with Crippen molar-refractivity contribution in [2.24, 2.45) is 28.1 Å². The SMILES string of the molecule is CCCCC1(CCOC(=C(C)C(=O)O)C23CC4CC(CC(OCCC5(CCCC)COC5)(C4)C2)C3)COC1. The highest BCUT2D eigenvalue weighted by Crippen LogP contribution is 2.66. The van der Waals surface area contributed by atoms with Crippen LogP contribution >= 0.6 is 0 Å². The van der Waals surface area contributed by atoms with E-state index in [1.807, 2.05) is 0 Å². The zero-order valence-corrected chi connectivity index (χ0v) is 24.3. The zero-order chi connectivity index (χ0) is 26.9. The Balaban J connectivity index is 1.28. The summed E-state index contributed by atoms with van der Waals surface area (Å²) in [5.74, 6) is 1.13. The van der Waals surface area contributed by atoms with E-state index < -0.39 is 5.97 Å². The second kappa shape index (κ2) is 11.4. The van der Waals surface area contributed by atoms with E-state index in [0.29, 0.717) is 29.4 Å². The molecule has 2 unspecified atom stereocenters. The number of unbranched alkanes of at least 4 members (excludes halogenated alkanes) is 2. The molecule has 6 nitrogen and oxygen atoms in total. The molecule has 0 amide bonds. The molecular formula is C32H52O6. The van der Waals surface area contributed by atoms with Crippen molar-refractivity contribution in [3.05, 3.63) is 11.3 Å². The third-order valence-electron chi connectivity index (χ3n) is 10.8. The Morgan fingerprint density at radius 1 is 0.842 bits per heavy atom. The number of allylic oxidation sites excluding steroid dienone is 1. The first-order valence-corrected chi connectivity index (χ1v) is 15.6. The number of rotatable bonds is 16. The molecule has 2 atom stereocenters. The van der Waals surface area contributed by atoms with Crippen LogP contribution in [0.15, 0.2) is 11.3 Å². The zero-order valence-electron chi connectivity index (χ0n) is 24.3. The van der Waals surface area contributed by atoms with Crippen LogP contribution in [-0.4, -0.2) is 56.3 Å². The monoisotopic (exact) mass is 532 g/mol. The second-order valence-corrected chi connectivity index (χ2v) is 14.1. The Kier molecular flexibility index (Phi) is 8.53. The van der Waals surface area contributed by atoms with Crippen LogP contribution < -0.4 is 0 Å². The molecule has 38 heavy (non-hydrogen) atoms. The molecule has 6 fully saturated rings. The number of carboxylic acid groups (broad SMARTS) is 1. The summed E-state index contributed by atoms with van der Waals surface area (Å²) in [7, 11) is 0. The molecule has 2 aliphatic heterocycles. The highest BCUT2D eigenvalue weighted by molar-refractivity contribution is 5.86. The molecule has 4 aliphatic carbocycles. The summed E-state index contributed by atoms with van der Waals surface area (Å²) in [4.78, 5) is 12.3. The predicted octanol–water partition coefficient (Wildman–Crippen LogP) is 6.91. The summed E-state index contributed by atoms with van der Waals surface area (Å²) in [5, 5.41) is 10.1. The molecule has 2 heterocycles. The average Bonchev–Trinajstić information content (AvgIpc) is 2.82. The largest absolute Gasteiger partial charge is 0.497 e. The van der Waals surface area contributed by atoms with Gasteiger partial charge in [-0.05, 0) is 83.0 Å². The minimum Gasteiger partial charge on any atom is -0.497 e. The predicted molar refractivity (Wildman–Crippen MR) is 147 cm³/mol. The Labute approximate surface area is 230 Å². The summed E-state index contributed by atoms with van der Waals surface area (Å²) in [6.45, 7) is 11.0. The van der Waals surface area contributed by atoms with E-state index in [2.05, 4.69) is 13.8 Å². The van der Waals surface area contributed by atoms with Gasteiger partial charge in [-0.25, -0.2) is 4.79 Å². The van der Waals surface area contributed by atoms with Gasteiger partial charge in [-0.2, -0.15) is 0 Å². The third kappa shape index (κ3) is 5.69. The van der Waals surface area contributed by atoms with Crippen LogP contribution in [0.25, 0.3) is 0 Å². The summed E-state index contributed by atoms with van der Waals surface area (Å²) >= 11 is 0. The molecule has 216 valence electrons. The van der Waals surface area contributed by atoms with Gasteiger partial charge >= 0.3 is 5.97 Å². The highest BCUT2D eigenvalue weighted by atomic mass is 16.5. The summed E-state index contributed by atoms with van der Waals surface area (Å²) in [6, 6.07) is 0. The fourth-order valence-electron chi connectivity index (χ4n) is 8.94. The minimum atomic E-state index is -0.846. The van der Waals surface area contributed by atoms with Gasteiger partial charge in [-0.15, -0.1) is 0 Å². The Morgan fingerprint density at radius 2 is 1.39 bits per heavy atom. The summed E-state index contributed by atoms with van der Waals surface area (Å²) in [5.41, 5.74) is 0.600. The Hall–Kier alpha value is -1.11. The lowest BCUT2D eigenvalue weighted by atomic mass is 9.47. The van der Waals surface area contributed by atoms with Gasteiger partial charge in [0, 0.05) is 22.9 Å². The number of carboxylic acids is 1. The quantitative estimate of drug-likeness (QED) is 0.172. The van der Waals surface area contributed by atoms with Crippen molar-refractivity contribution in [3.8, 4) is 0 Å². The molecule has 0 aromatic carbocycles. The van der Waals surface area contributed by atoms with E-state index in [1.165, 1.54) is 44.9 Å². The van der Waals surface area contributed by atoms with Crippen molar-refractivity contribution >= 4 is 5.97 Å². The fourth-order valence-corrected chi connectivity index (χ4v) is 8.94. The normalized spacial score (nSPS) is 34.8. The van der Waals surface area contributed by atoms with E-state index in [4.69, 9.17) is 18.9 Å². The van der Waals surface area contributed by atoms with Crippen molar-refractivity contribution in [2.75, 3.05) is 39.6 Å².